The Labute approximate surface area is 120 Å². The first-order valence-corrected chi connectivity index (χ1v) is 8.01. The third kappa shape index (κ3) is 2.84. The van der Waals surface area contributed by atoms with Gasteiger partial charge in [0.15, 0.2) is 0 Å². The Hall–Kier alpha value is -1.29. The van der Waals surface area contributed by atoms with E-state index in [1.807, 2.05) is 35.2 Å². The van der Waals surface area contributed by atoms with Crippen LogP contribution in [0.15, 0.2) is 58.8 Å². The number of aliphatic hydroxyl groups is 1. The first kappa shape index (κ1) is 12.7. The Morgan fingerprint density at radius 3 is 2.58 bits per heavy atom. The summed E-state index contributed by atoms with van der Waals surface area (Å²) in [5.74, 6) is 0.989. The summed E-state index contributed by atoms with van der Waals surface area (Å²) < 4.78 is 1.36. The van der Waals surface area contributed by atoms with E-state index in [-0.39, 0.29) is 6.61 Å². The van der Waals surface area contributed by atoms with E-state index in [1.165, 1.54) is 20.5 Å². The molecule has 3 aromatic rings. The molecule has 96 valence electrons. The van der Waals surface area contributed by atoms with Gasteiger partial charge in [0, 0.05) is 15.3 Å². The van der Waals surface area contributed by atoms with Crippen molar-refractivity contribution < 1.29 is 5.11 Å². The number of benzene rings is 2. The lowest BCUT2D eigenvalue weighted by Crippen LogP contribution is -1.82. The fourth-order valence-electron chi connectivity index (χ4n) is 2.00. The first-order valence-electron chi connectivity index (χ1n) is 6.14. The minimum atomic E-state index is 0.111. The fraction of sp³-hybridized carbons (Fsp3) is 0.125. The van der Waals surface area contributed by atoms with Gasteiger partial charge < -0.3 is 5.11 Å². The molecule has 0 saturated heterocycles. The van der Waals surface area contributed by atoms with E-state index in [2.05, 4.69) is 41.8 Å². The molecule has 0 atom stereocenters. The first-order chi connectivity index (χ1) is 9.36. The molecule has 0 spiro atoms. The SMILES string of the molecule is OCc1ccc(SCc2csc3ccccc23)cc1. The van der Waals surface area contributed by atoms with Gasteiger partial charge in [0.1, 0.15) is 0 Å². The summed E-state index contributed by atoms with van der Waals surface area (Å²) in [6.07, 6.45) is 0. The normalized spacial score (nSPS) is 11.0. The molecule has 0 fully saturated rings. The van der Waals surface area contributed by atoms with E-state index < -0.39 is 0 Å². The van der Waals surface area contributed by atoms with E-state index in [9.17, 15) is 0 Å². The highest BCUT2D eigenvalue weighted by Gasteiger charge is 2.04. The zero-order chi connectivity index (χ0) is 13.1. The molecule has 0 aliphatic heterocycles. The third-order valence-corrected chi connectivity index (χ3v) is 5.13. The maximum Gasteiger partial charge on any atom is 0.0681 e. The molecule has 0 amide bonds. The van der Waals surface area contributed by atoms with E-state index in [1.54, 1.807) is 0 Å². The number of aliphatic hydroxyl groups excluding tert-OH is 1. The number of rotatable bonds is 4. The summed E-state index contributed by atoms with van der Waals surface area (Å²) >= 11 is 3.65. The van der Waals surface area contributed by atoms with Gasteiger partial charge in [0.2, 0.25) is 0 Å². The molecular formula is C16H14OS2. The lowest BCUT2D eigenvalue weighted by molar-refractivity contribution is 0.282. The Morgan fingerprint density at radius 2 is 1.79 bits per heavy atom. The van der Waals surface area contributed by atoms with Crippen LogP contribution in [0.25, 0.3) is 10.1 Å². The Bertz CT molecular complexity index is 671. The Kier molecular flexibility index (Phi) is 3.87. The highest BCUT2D eigenvalue weighted by atomic mass is 32.2. The summed E-state index contributed by atoms with van der Waals surface area (Å²) in [7, 11) is 0. The van der Waals surface area contributed by atoms with Crippen molar-refractivity contribution in [1.29, 1.82) is 0 Å². The lowest BCUT2D eigenvalue weighted by Gasteiger charge is -2.02. The van der Waals surface area contributed by atoms with E-state index in [0.717, 1.165) is 11.3 Å². The average molecular weight is 286 g/mol. The van der Waals surface area contributed by atoms with Crippen molar-refractivity contribution in [2.45, 2.75) is 17.3 Å². The van der Waals surface area contributed by atoms with Crippen LogP contribution in [0, 0.1) is 0 Å². The maximum absolute atomic E-state index is 9.02. The summed E-state index contributed by atoms with van der Waals surface area (Å²) in [5, 5.41) is 12.6. The van der Waals surface area contributed by atoms with Crippen molar-refractivity contribution in [1.82, 2.24) is 0 Å². The summed E-state index contributed by atoms with van der Waals surface area (Å²) in [5.41, 5.74) is 2.36. The molecule has 0 radical (unpaired) electrons. The third-order valence-electron chi connectivity index (χ3n) is 3.06. The molecule has 1 aromatic heterocycles. The monoisotopic (exact) mass is 286 g/mol. The molecule has 1 N–H and O–H groups in total. The van der Waals surface area contributed by atoms with Gasteiger partial charge in [0.25, 0.3) is 0 Å². The van der Waals surface area contributed by atoms with Crippen LogP contribution in [-0.2, 0) is 12.4 Å². The van der Waals surface area contributed by atoms with Crippen LogP contribution in [0.1, 0.15) is 11.1 Å². The van der Waals surface area contributed by atoms with E-state index in [0.29, 0.717) is 0 Å². The lowest BCUT2D eigenvalue weighted by atomic mass is 10.2. The van der Waals surface area contributed by atoms with Crippen LogP contribution in [0.3, 0.4) is 0 Å². The van der Waals surface area contributed by atoms with Crippen molar-refractivity contribution in [3.05, 3.63) is 65.0 Å². The minimum absolute atomic E-state index is 0.111. The fourth-order valence-corrected chi connectivity index (χ4v) is 3.95. The number of hydrogen-bond acceptors (Lipinski definition) is 3. The molecule has 0 saturated carbocycles. The van der Waals surface area contributed by atoms with Crippen molar-refractivity contribution in [3.63, 3.8) is 0 Å². The number of hydrogen-bond donors (Lipinski definition) is 1. The van der Waals surface area contributed by atoms with Crippen molar-refractivity contribution >= 4 is 33.2 Å². The second-order valence-electron chi connectivity index (χ2n) is 4.35. The molecule has 0 bridgehead atoms. The smallest absolute Gasteiger partial charge is 0.0681 e. The second-order valence-corrected chi connectivity index (χ2v) is 6.31. The van der Waals surface area contributed by atoms with E-state index in [4.69, 9.17) is 5.11 Å². The maximum atomic E-state index is 9.02. The minimum Gasteiger partial charge on any atom is -0.392 e. The Balaban J connectivity index is 1.74. The van der Waals surface area contributed by atoms with Gasteiger partial charge in [-0.2, -0.15) is 0 Å². The molecule has 2 aromatic carbocycles. The van der Waals surface area contributed by atoms with Crippen LogP contribution in [0.5, 0.6) is 0 Å². The Morgan fingerprint density at radius 1 is 1.00 bits per heavy atom. The zero-order valence-corrected chi connectivity index (χ0v) is 12.0. The highest BCUT2D eigenvalue weighted by molar-refractivity contribution is 7.98. The van der Waals surface area contributed by atoms with Crippen LogP contribution in [0.4, 0.5) is 0 Å². The van der Waals surface area contributed by atoms with Crippen LogP contribution in [-0.4, -0.2) is 5.11 Å². The van der Waals surface area contributed by atoms with Crippen LogP contribution < -0.4 is 0 Å². The number of fused-ring (bicyclic) bond motifs is 1. The zero-order valence-electron chi connectivity index (χ0n) is 10.4. The van der Waals surface area contributed by atoms with Gasteiger partial charge in [-0.05, 0) is 40.1 Å². The van der Waals surface area contributed by atoms with Crippen molar-refractivity contribution in [3.8, 4) is 0 Å². The quantitative estimate of drug-likeness (QED) is 0.702. The van der Waals surface area contributed by atoms with E-state index >= 15 is 0 Å². The topological polar surface area (TPSA) is 20.2 Å². The van der Waals surface area contributed by atoms with Crippen LogP contribution in [0.2, 0.25) is 0 Å². The predicted molar refractivity (Wildman–Crippen MR) is 83.8 cm³/mol. The molecular weight excluding hydrogens is 272 g/mol. The van der Waals surface area contributed by atoms with Crippen molar-refractivity contribution in [2.75, 3.05) is 0 Å². The standard InChI is InChI=1S/C16H14OS2/c17-9-12-5-7-14(8-6-12)18-10-13-11-19-16-4-2-1-3-15(13)16/h1-8,11,17H,9-10H2. The molecule has 3 heteroatoms. The molecule has 0 aliphatic carbocycles. The molecule has 19 heavy (non-hydrogen) atoms. The average Bonchev–Trinajstić information content (AvgIpc) is 2.89. The number of thioether (sulfide) groups is 1. The van der Waals surface area contributed by atoms with Gasteiger partial charge in [-0.1, -0.05) is 30.3 Å². The summed E-state index contributed by atoms with van der Waals surface area (Å²) in [6.45, 7) is 0.111. The van der Waals surface area contributed by atoms with Gasteiger partial charge in [0.05, 0.1) is 6.61 Å². The molecule has 0 unspecified atom stereocenters. The molecule has 3 rings (SSSR count). The summed E-state index contributed by atoms with van der Waals surface area (Å²) in [6, 6.07) is 16.7. The van der Waals surface area contributed by atoms with Gasteiger partial charge in [-0.25, -0.2) is 0 Å². The number of thiophene rings is 1. The van der Waals surface area contributed by atoms with Gasteiger partial charge in [-0.3, -0.25) is 0 Å². The molecule has 1 nitrogen and oxygen atoms in total. The molecule has 0 aliphatic rings. The van der Waals surface area contributed by atoms with Gasteiger partial charge in [-0.15, -0.1) is 23.1 Å². The predicted octanol–water partition coefficient (Wildman–Crippen LogP) is 4.69. The molecule has 1 heterocycles. The highest BCUT2D eigenvalue weighted by Crippen LogP contribution is 2.31. The summed E-state index contributed by atoms with van der Waals surface area (Å²) in [4.78, 5) is 1.24. The largest absolute Gasteiger partial charge is 0.392 e. The second kappa shape index (κ2) is 5.78. The van der Waals surface area contributed by atoms with Gasteiger partial charge >= 0.3 is 0 Å². The van der Waals surface area contributed by atoms with Crippen molar-refractivity contribution in [2.24, 2.45) is 0 Å². The van der Waals surface area contributed by atoms with Crippen LogP contribution >= 0.6 is 23.1 Å².